The van der Waals surface area contributed by atoms with E-state index in [9.17, 15) is 14.4 Å². The highest BCUT2D eigenvalue weighted by molar-refractivity contribution is 6.03. The summed E-state index contributed by atoms with van der Waals surface area (Å²) in [4.78, 5) is 35.0. The summed E-state index contributed by atoms with van der Waals surface area (Å²) in [6, 6.07) is 12.7. The highest BCUT2D eigenvalue weighted by Gasteiger charge is 2.30. The highest BCUT2D eigenvalue weighted by Crippen LogP contribution is 2.35. The SMILES string of the molecule is NC(=O)c1cccc(-c2ccc3occ(C4CCC(=O)NC4=O)c3c2)c1. The van der Waals surface area contributed by atoms with Crippen LogP contribution in [0.15, 0.2) is 53.1 Å². The van der Waals surface area contributed by atoms with Crippen molar-refractivity contribution >= 4 is 28.7 Å². The summed E-state index contributed by atoms with van der Waals surface area (Å²) in [7, 11) is 0. The zero-order valence-corrected chi connectivity index (χ0v) is 13.8. The number of benzene rings is 2. The number of furan rings is 1. The molecule has 2 aromatic carbocycles. The maximum atomic E-state index is 12.2. The normalized spacial score (nSPS) is 17.3. The fraction of sp³-hybridized carbons (Fsp3) is 0.150. The van der Waals surface area contributed by atoms with E-state index in [2.05, 4.69) is 5.32 Å². The van der Waals surface area contributed by atoms with Crippen LogP contribution in [0.4, 0.5) is 0 Å². The molecule has 3 amide bonds. The number of rotatable bonds is 3. The monoisotopic (exact) mass is 348 g/mol. The number of fused-ring (bicyclic) bond motifs is 1. The molecule has 1 aliphatic heterocycles. The van der Waals surface area contributed by atoms with Gasteiger partial charge in [-0.2, -0.15) is 0 Å². The average Bonchev–Trinajstić information content (AvgIpc) is 3.05. The number of nitrogens with two attached hydrogens (primary N) is 1. The van der Waals surface area contributed by atoms with E-state index in [0.29, 0.717) is 24.0 Å². The fourth-order valence-corrected chi connectivity index (χ4v) is 3.34. The Balaban J connectivity index is 1.78. The van der Waals surface area contributed by atoms with Gasteiger partial charge in [-0.15, -0.1) is 0 Å². The van der Waals surface area contributed by atoms with E-state index in [1.165, 1.54) is 0 Å². The molecule has 2 heterocycles. The van der Waals surface area contributed by atoms with E-state index in [0.717, 1.165) is 22.1 Å². The predicted octanol–water partition coefficient (Wildman–Crippen LogP) is 2.72. The van der Waals surface area contributed by atoms with Gasteiger partial charge in [0.2, 0.25) is 17.7 Å². The molecule has 1 fully saturated rings. The second kappa shape index (κ2) is 6.15. The average molecular weight is 348 g/mol. The Morgan fingerprint density at radius 3 is 2.69 bits per heavy atom. The van der Waals surface area contributed by atoms with Crippen LogP contribution in [0.25, 0.3) is 22.1 Å². The van der Waals surface area contributed by atoms with Crippen molar-refractivity contribution in [3.8, 4) is 11.1 Å². The van der Waals surface area contributed by atoms with E-state index >= 15 is 0 Å². The largest absolute Gasteiger partial charge is 0.464 e. The molecule has 6 heteroatoms. The van der Waals surface area contributed by atoms with Crippen molar-refractivity contribution < 1.29 is 18.8 Å². The predicted molar refractivity (Wildman–Crippen MR) is 95.3 cm³/mol. The van der Waals surface area contributed by atoms with Gasteiger partial charge in [0.25, 0.3) is 0 Å². The molecular formula is C20H16N2O4. The van der Waals surface area contributed by atoms with Crippen LogP contribution in [-0.2, 0) is 9.59 Å². The summed E-state index contributed by atoms with van der Waals surface area (Å²) in [5.41, 5.74) is 8.95. The molecule has 1 aromatic heterocycles. The van der Waals surface area contributed by atoms with Crippen LogP contribution in [-0.4, -0.2) is 17.7 Å². The minimum atomic E-state index is -0.486. The van der Waals surface area contributed by atoms with Gasteiger partial charge in [0.05, 0.1) is 12.2 Å². The van der Waals surface area contributed by atoms with E-state index in [1.807, 2.05) is 24.3 Å². The molecule has 26 heavy (non-hydrogen) atoms. The summed E-state index contributed by atoms with van der Waals surface area (Å²) in [6.45, 7) is 0. The molecule has 0 saturated carbocycles. The van der Waals surface area contributed by atoms with E-state index in [4.69, 9.17) is 10.2 Å². The lowest BCUT2D eigenvalue weighted by Gasteiger charge is -2.20. The first-order chi connectivity index (χ1) is 12.5. The van der Waals surface area contributed by atoms with Gasteiger partial charge in [-0.25, -0.2) is 0 Å². The third-order valence-electron chi connectivity index (χ3n) is 4.70. The number of amides is 3. The van der Waals surface area contributed by atoms with E-state index in [1.54, 1.807) is 24.5 Å². The Labute approximate surface area is 149 Å². The smallest absolute Gasteiger partial charge is 0.248 e. The molecule has 6 nitrogen and oxygen atoms in total. The summed E-state index contributed by atoms with van der Waals surface area (Å²) < 4.78 is 5.59. The summed E-state index contributed by atoms with van der Waals surface area (Å²) in [6.07, 6.45) is 2.35. The fourth-order valence-electron chi connectivity index (χ4n) is 3.34. The van der Waals surface area contributed by atoms with Crippen LogP contribution in [0.3, 0.4) is 0 Å². The van der Waals surface area contributed by atoms with Gasteiger partial charge in [-0.05, 0) is 41.8 Å². The molecule has 1 atom stereocenters. The molecule has 0 radical (unpaired) electrons. The van der Waals surface area contributed by atoms with Crippen molar-refractivity contribution in [1.82, 2.24) is 5.32 Å². The maximum Gasteiger partial charge on any atom is 0.248 e. The Hall–Kier alpha value is -3.41. The summed E-state index contributed by atoms with van der Waals surface area (Å²) in [5.74, 6) is -1.45. The first kappa shape index (κ1) is 16.1. The topological polar surface area (TPSA) is 102 Å². The molecule has 3 N–H and O–H groups in total. The third-order valence-corrected chi connectivity index (χ3v) is 4.70. The van der Waals surface area contributed by atoms with Crippen molar-refractivity contribution in [2.75, 3.05) is 0 Å². The van der Waals surface area contributed by atoms with Crippen molar-refractivity contribution in [1.29, 1.82) is 0 Å². The summed E-state index contributed by atoms with van der Waals surface area (Å²) in [5, 5.41) is 3.20. The molecule has 4 rings (SSSR count). The number of carbonyl (C=O) groups excluding carboxylic acids is 3. The van der Waals surface area contributed by atoms with Crippen LogP contribution in [0.1, 0.15) is 34.7 Å². The van der Waals surface area contributed by atoms with E-state index < -0.39 is 11.8 Å². The van der Waals surface area contributed by atoms with Crippen molar-refractivity contribution in [2.45, 2.75) is 18.8 Å². The Morgan fingerprint density at radius 1 is 1.12 bits per heavy atom. The van der Waals surface area contributed by atoms with Crippen molar-refractivity contribution in [3.63, 3.8) is 0 Å². The number of piperidine rings is 1. The standard InChI is InChI=1S/C20H16N2O4/c21-19(24)13-3-1-2-11(8-13)12-4-6-17-15(9-12)16(10-26-17)14-5-7-18(23)22-20(14)25/h1-4,6,8-10,14H,5,7H2,(H2,21,24)(H,22,23,25). The van der Waals surface area contributed by atoms with Crippen LogP contribution < -0.4 is 11.1 Å². The second-order valence-corrected chi connectivity index (χ2v) is 6.35. The van der Waals surface area contributed by atoms with Crippen molar-refractivity contribution in [3.05, 3.63) is 59.9 Å². The first-order valence-electron chi connectivity index (χ1n) is 8.28. The molecule has 0 spiro atoms. The molecule has 130 valence electrons. The van der Waals surface area contributed by atoms with E-state index in [-0.39, 0.29) is 11.8 Å². The van der Waals surface area contributed by atoms with Crippen LogP contribution in [0.2, 0.25) is 0 Å². The lowest BCUT2D eigenvalue weighted by molar-refractivity contribution is -0.134. The molecule has 0 bridgehead atoms. The molecular weight excluding hydrogens is 332 g/mol. The lowest BCUT2D eigenvalue weighted by atomic mass is 9.89. The van der Waals surface area contributed by atoms with Crippen LogP contribution in [0.5, 0.6) is 0 Å². The zero-order valence-electron chi connectivity index (χ0n) is 13.8. The van der Waals surface area contributed by atoms with Crippen LogP contribution in [0, 0.1) is 0 Å². The Morgan fingerprint density at radius 2 is 1.92 bits per heavy atom. The minimum absolute atomic E-state index is 0.247. The van der Waals surface area contributed by atoms with Gasteiger partial charge in [0, 0.05) is 22.9 Å². The number of carbonyl (C=O) groups is 3. The number of imide groups is 1. The number of primary amides is 1. The number of hydrogen-bond donors (Lipinski definition) is 2. The molecule has 0 aliphatic carbocycles. The highest BCUT2D eigenvalue weighted by atomic mass is 16.3. The number of nitrogens with one attached hydrogen (secondary N) is 1. The minimum Gasteiger partial charge on any atom is -0.464 e. The quantitative estimate of drug-likeness (QED) is 0.710. The molecule has 1 aliphatic rings. The van der Waals surface area contributed by atoms with Crippen molar-refractivity contribution in [2.24, 2.45) is 5.73 Å². The van der Waals surface area contributed by atoms with Gasteiger partial charge < -0.3 is 10.2 Å². The number of hydrogen-bond acceptors (Lipinski definition) is 4. The first-order valence-corrected chi connectivity index (χ1v) is 8.28. The second-order valence-electron chi connectivity index (χ2n) is 6.35. The molecule has 3 aromatic rings. The van der Waals surface area contributed by atoms with Gasteiger partial charge in [0.1, 0.15) is 5.58 Å². The maximum absolute atomic E-state index is 12.2. The third kappa shape index (κ3) is 2.75. The molecule has 1 unspecified atom stereocenters. The van der Waals surface area contributed by atoms with Gasteiger partial charge in [-0.1, -0.05) is 18.2 Å². The van der Waals surface area contributed by atoms with Gasteiger partial charge in [0.15, 0.2) is 0 Å². The zero-order chi connectivity index (χ0) is 18.3. The van der Waals surface area contributed by atoms with Gasteiger partial charge in [-0.3, -0.25) is 19.7 Å². The Bertz CT molecular complexity index is 1050. The van der Waals surface area contributed by atoms with Gasteiger partial charge >= 0.3 is 0 Å². The Kier molecular flexibility index (Phi) is 3.80. The van der Waals surface area contributed by atoms with Crippen LogP contribution >= 0.6 is 0 Å². The lowest BCUT2D eigenvalue weighted by Crippen LogP contribution is -2.39. The summed E-state index contributed by atoms with van der Waals surface area (Å²) >= 11 is 0. The molecule has 1 saturated heterocycles.